The number of nitrogens with two attached hydrogens (primary N) is 1. The summed E-state index contributed by atoms with van der Waals surface area (Å²) in [5.41, 5.74) is 5.44. The molecule has 0 bridgehead atoms. The second-order valence-electron chi connectivity index (χ2n) is 4.85. The van der Waals surface area contributed by atoms with Gasteiger partial charge in [-0.05, 0) is 38.5 Å². The van der Waals surface area contributed by atoms with E-state index in [1.807, 2.05) is 0 Å². The molecule has 21 heavy (non-hydrogen) atoms. The first kappa shape index (κ1) is 17.4. The standard InChI is InChI=1S/C13H20N2O5S/c1-9(2)15(6-3-7-16)21(19,20)12-8-10(14)4-5-11(12)13(17)18/h4-5,8-9,16H,3,6-7,14H2,1-2H3,(H,17,18). The number of anilines is 1. The molecule has 4 N–H and O–H groups in total. The molecule has 0 heterocycles. The highest BCUT2D eigenvalue weighted by molar-refractivity contribution is 7.89. The molecule has 0 spiro atoms. The van der Waals surface area contributed by atoms with Gasteiger partial charge in [0, 0.05) is 24.9 Å². The lowest BCUT2D eigenvalue weighted by atomic mass is 10.2. The minimum absolute atomic E-state index is 0.102. The zero-order chi connectivity index (χ0) is 16.2. The number of nitrogen functional groups attached to an aromatic ring is 1. The number of hydrogen-bond donors (Lipinski definition) is 3. The number of carbonyl (C=O) groups is 1. The Hall–Kier alpha value is -1.64. The van der Waals surface area contributed by atoms with E-state index in [4.69, 9.17) is 15.9 Å². The highest BCUT2D eigenvalue weighted by Crippen LogP contribution is 2.24. The predicted octanol–water partition coefficient (Wildman–Crippen LogP) is 0.749. The number of rotatable bonds is 7. The van der Waals surface area contributed by atoms with Gasteiger partial charge in [0.05, 0.1) is 10.5 Å². The van der Waals surface area contributed by atoms with Crippen LogP contribution in [-0.4, -0.2) is 48.1 Å². The van der Waals surface area contributed by atoms with Crippen molar-refractivity contribution < 1.29 is 23.4 Å². The first-order valence-corrected chi connectivity index (χ1v) is 7.91. The molecule has 0 aromatic heterocycles. The normalized spacial score (nSPS) is 12.0. The molecule has 0 aliphatic carbocycles. The molecular weight excluding hydrogens is 296 g/mol. The summed E-state index contributed by atoms with van der Waals surface area (Å²) in [6.45, 7) is 3.31. The number of aromatic carboxylic acids is 1. The summed E-state index contributed by atoms with van der Waals surface area (Å²) in [5.74, 6) is -1.33. The van der Waals surface area contributed by atoms with E-state index in [9.17, 15) is 13.2 Å². The van der Waals surface area contributed by atoms with Gasteiger partial charge in [-0.15, -0.1) is 0 Å². The van der Waals surface area contributed by atoms with Crippen molar-refractivity contribution in [3.63, 3.8) is 0 Å². The number of aliphatic hydroxyl groups excluding tert-OH is 1. The molecule has 0 aliphatic heterocycles. The number of sulfonamides is 1. The van der Waals surface area contributed by atoms with Crippen LogP contribution in [0.3, 0.4) is 0 Å². The Morgan fingerprint density at radius 3 is 2.48 bits per heavy atom. The zero-order valence-electron chi connectivity index (χ0n) is 12.0. The van der Waals surface area contributed by atoms with Gasteiger partial charge in [-0.2, -0.15) is 4.31 Å². The van der Waals surface area contributed by atoms with E-state index in [0.717, 1.165) is 10.4 Å². The third kappa shape index (κ3) is 3.93. The van der Waals surface area contributed by atoms with Crippen LogP contribution >= 0.6 is 0 Å². The lowest BCUT2D eigenvalue weighted by Gasteiger charge is -2.26. The van der Waals surface area contributed by atoms with Gasteiger partial charge in [-0.3, -0.25) is 0 Å². The topological polar surface area (TPSA) is 121 Å². The van der Waals surface area contributed by atoms with Gasteiger partial charge in [0.25, 0.3) is 0 Å². The van der Waals surface area contributed by atoms with E-state index in [1.54, 1.807) is 13.8 Å². The fraction of sp³-hybridized carbons (Fsp3) is 0.462. The molecule has 0 amide bonds. The van der Waals surface area contributed by atoms with E-state index < -0.39 is 16.0 Å². The summed E-state index contributed by atoms with van der Waals surface area (Å²) >= 11 is 0. The molecule has 0 radical (unpaired) electrons. The predicted molar refractivity (Wildman–Crippen MR) is 78.5 cm³/mol. The molecule has 0 atom stereocenters. The largest absolute Gasteiger partial charge is 0.478 e. The molecule has 0 unspecified atom stereocenters. The van der Waals surface area contributed by atoms with E-state index >= 15 is 0 Å². The van der Waals surface area contributed by atoms with E-state index in [1.165, 1.54) is 12.1 Å². The molecule has 1 aromatic carbocycles. The minimum Gasteiger partial charge on any atom is -0.478 e. The van der Waals surface area contributed by atoms with Crippen LogP contribution in [0, 0.1) is 0 Å². The molecule has 1 rings (SSSR count). The lowest BCUT2D eigenvalue weighted by molar-refractivity contribution is 0.0692. The van der Waals surface area contributed by atoms with E-state index in [-0.39, 0.29) is 41.8 Å². The van der Waals surface area contributed by atoms with Crippen LogP contribution < -0.4 is 5.73 Å². The molecule has 118 valence electrons. The number of nitrogens with zero attached hydrogens (tertiary/aromatic N) is 1. The molecule has 7 nitrogen and oxygen atoms in total. The summed E-state index contributed by atoms with van der Waals surface area (Å²) < 4.78 is 26.5. The molecule has 0 fully saturated rings. The number of benzene rings is 1. The van der Waals surface area contributed by atoms with Crippen LogP contribution in [0.15, 0.2) is 23.1 Å². The number of hydrogen-bond acceptors (Lipinski definition) is 5. The van der Waals surface area contributed by atoms with Gasteiger partial charge in [0.15, 0.2) is 0 Å². The van der Waals surface area contributed by atoms with Crippen LogP contribution in [0.25, 0.3) is 0 Å². The van der Waals surface area contributed by atoms with Crippen molar-refractivity contribution >= 4 is 21.7 Å². The summed E-state index contributed by atoms with van der Waals surface area (Å²) in [5, 5.41) is 18.0. The Labute approximate surface area is 124 Å². The lowest BCUT2D eigenvalue weighted by Crippen LogP contribution is -2.38. The first-order valence-electron chi connectivity index (χ1n) is 6.47. The van der Waals surface area contributed by atoms with Crippen molar-refractivity contribution in [2.45, 2.75) is 31.2 Å². The smallest absolute Gasteiger partial charge is 0.337 e. The Balaban J connectivity index is 3.40. The maximum atomic E-state index is 12.7. The quantitative estimate of drug-likeness (QED) is 0.638. The maximum absolute atomic E-state index is 12.7. The van der Waals surface area contributed by atoms with Gasteiger partial charge in [0.1, 0.15) is 0 Å². The van der Waals surface area contributed by atoms with Crippen LogP contribution in [0.4, 0.5) is 5.69 Å². The van der Waals surface area contributed by atoms with E-state index in [0.29, 0.717) is 0 Å². The third-order valence-corrected chi connectivity index (χ3v) is 5.05. The number of carboxylic acid groups (broad SMARTS) is 1. The fourth-order valence-electron chi connectivity index (χ4n) is 1.94. The average Bonchev–Trinajstić information content (AvgIpc) is 2.38. The molecule has 1 aromatic rings. The highest BCUT2D eigenvalue weighted by atomic mass is 32.2. The van der Waals surface area contributed by atoms with Crippen molar-refractivity contribution in [1.82, 2.24) is 4.31 Å². The zero-order valence-corrected chi connectivity index (χ0v) is 12.8. The molecule has 0 saturated heterocycles. The highest BCUT2D eigenvalue weighted by Gasteiger charge is 2.30. The Morgan fingerprint density at radius 1 is 1.38 bits per heavy atom. The Morgan fingerprint density at radius 2 is 2.00 bits per heavy atom. The minimum atomic E-state index is -4.01. The SMILES string of the molecule is CC(C)N(CCCO)S(=O)(=O)c1cc(N)ccc1C(=O)O. The monoisotopic (exact) mass is 316 g/mol. The van der Waals surface area contributed by atoms with Crippen LogP contribution in [0.5, 0.6) is 0 Å². The molecule has 0 saturated carbocycles. The third-order valence-electron chi connectivity index (χ3n) is 2.94. The van der Waals surface area contributed by atoms with Crippen molar-refractivity contribution in [2.75, 3.05) is 18.9 Å². The van der Waals surface area contributed by atoms with Gasteiger partial charge >= 0.3 is 5.97 Å². The Bertz CT molecular complexity index is 613. The van der Waals surface area contributed by atoms with Crippen molar-refractivity contribution in [2.24, 2.45) is 0 Å². The fourth-order valence-corrected chi connectivity index (χ4v) is 3.83. The van der Waals surface area contributed by atoms with Crippen molar-refractivity contribution in [3.05, 3.63) is 23.8 Å². The van der Waals surface area contributed by atoms with Crippen LogP contribution in [0.1, 0.15) is 30.6 Å². The van der Waals surface area contributed by atoms with Gasteiger partial charge in [-0.1, -0.05) is 0 Å². The van der Waals surface area contributed by atoms with Crippen LogP contribution in [0.2, 0.25) is 0 Å². The van der Waals surface area contributed by atoms with Gasteiger partial charge in [-0.25, -0.2) is 13.2 Å². The number of carboxylic acids is 1. The summed E-state index contributed by atoms with van der Waals surface area (Å²) in [4.78, 5) is 10.9. The van der Waals surface area contributed by atoms with Crippen molar-refractivity contribution in [1.29, 1.82) is 0 Å². The summed E-state index contributed by atoms with van der Waals surface area (Å²) in [7, 11) is -4.01. The summed E-state index contributed by atoms with van der Waals surface area (Å²) in [6.07, 6.45) is 0.266. The second-order valence-corrected chi connectivity index (χ2v) is 6.71. The number of aliphatic hydroxyl groups is 1. The average molecular weight is 316 g/mol. The van der Waals surface area contributed by atoms with Crippen LogP contribution in [-0.2, 0) is 10.0 Å². The van der Waals surface area contributed by atoms with Crippen molar-refractivity contribution in [3.8, 4) is 0 Å². The molecular formula is C13H20N2O5S. The van der Waals surface area contributed by atoms with Gasteiger partial charge < -0.3 is 15.9 Å². The molecule has 8 heteroatoms. The molecule has 0 aliphatic rings. The first-order chi connectivity index (χ1) is 9.71. The second kappa shape index (κ2) is 6.88. The maximum Gasteiger partial charge on any atom is 0.337 e. The van der Waals surface area contributed by atoms with Gasteiger partial charge in [0.2, 0.25) is 10.0 Å². The Kier molecular flexibility index (Phi) is 5.70. The van der Waals surface area contributed by atoms with E-state index in [2.05, 4.69) is 0 Å². The summed E-state index contributed by atoms with van der Waals surface area (Å²) in [6, 6.07) is 3.29.